The number of carboxylic acids is 1. The molecule has 0 spiro atoms. The van der Waals surface area contributed by atoms with Gasteiger partial charge in [-0.15, -0.1) is 0 Å². The summed E-state index contributed by atoms with van der Waals surface area (Å²) in [5.74, 6) is -1.50. The number of benzene rings is 1. The summed E-state index contributed by atoms with van der Waals surface area (Å²) in [6.07, 6.45) is -15.2. The highest BCUT2D eigenvalue weighted by Gasteiger charge is 2.53. The monoisotopic (exact) mass is 503 g/mol. The maximum Gasteiger partial charge on any atom is 0.335 e. The molecule has 14 heteroatoms. The number of hydrogen-bond acceptors (Lipinski definition) is 12. The lowest BCUT2D eigenvalue weighted by Gasteiger charge is -2.46. The lowest BCUT2D eigenvalue weighted by molar-refractivity contribution is -0.332. The fourth-order valence-corrected chi connectivity index (χ4v) is 3.81. The molecule has 0 bridgehead atoms. The Labute approximate surface area is 199 Å². The molecular formula is C21H29NO13. The molecule has 1 aromatic carbocycles. The predicted octanol–water partition coefficient (Wildman–Crippen LogP) is -3.07. The molecule has 10 atom stereocenters. The van der Waals surface area contributed by atoms with E-state index < -0.39 is 79.8 Å². The number of nitrogens with one attached hydrogen (secondary N) is 1. The van der Waals surface area contributed by atoms with E-state index in [4.69, 9.17) is 23.7 Å². The predicted molar refractivity (Wildman–Crippen MR) is 112 cm³/mol. The fraction of sp³-hybridized carbons (Fsp3) is 0.619. The van der Waals surface area contributed by atoms with Crippen molar-refractivity contribution >= 4 is 11.9 Å². The van der Waals surface area contributed by atoms with Crippen LogP contribution in [0.4, 0.5) is 0 Å². The molecule has 2 aliphatic rings. The quantitative estimate of drug-likeness (QED) is 0.188. The number of aliphatic carboxylic acids is 1. The molecule has 0 radical (unpaired) electrons. The zero-order valence-corrected chi connectivity index (χ0v) is 18.8. The van der Waals surface area contributed by atoms with Crippen LogP contribution in [0.2, 0.25) is 0 Å². The number of ether oxygens (including phenoxy) is 5. The standard InChI is InChI=1S/C21H29NO13/c1-8(24)22-12-14(26)13(25)11(7-23)33-20(12)34-17-15(27)16(28)21(35-18(17)19(29)30)32-10-5-3-9(31-2)4-6-10/h3-6,11-18,20-21,23,25-28H,7H2,1-2H3,(H,22,24)(H,29,30)/t11-,12-,13-,14-,15-,16-,17+,18-,20-,21-/m1/s1. The Morgan fingerprint density at radius 2 is 1.57 bits per heavy atom. The molecule has 3 rings (SSSR count). The van der Waals surface area contributed by atoms with Crippen molar-refractivity contribution in [1.82, 2.24) is 5.32 Å². The van der Waals surface area contributed by atoms with E-state index in [0.717, 1.165) is 6.92 Å². The van der Waals surface area contributed by atoms with E-state index in [9.17, 15) is 40.2 Å². The van der Waals surface area contributed by atoms with Gasteiger partial charge in [0.2, 0.25) is 12.2 Å². The summed E-state index contributed by atoms with van der Waals surface area (Å²) in [4.78, 5) is 23.5. The molecule has 0 aromatic heterocycles. The Morgan fingerprint density at radius 1 is 0.943 bits per heavy atom. The molecule has 2 fully saturated rings. The maximum absolute atomic E-state index is 11.9. The third-order valence-corrected chi connectivity index (χ3v) is 5.64. The van der Waals surface area contributed by atoms with Gasteiger partial charge in [0.05, 0.1) is 13.7 Å². The van der Waals surface area contributed by atoms with Gasteiger partial charge in [0.1, 0.15) is 54.2 Å². The second kappa shape index (κ2) is 11.5. The molecule has 0 unspecified atom stereocenters. The normalized spacial score (nSPS) is 37.3. The molecule has 1 aromatic rings. The van der Waals surface area contributed by atoms with E-state index in [1.165, 1.54) is 19.2 Å². The minimum absolute atomic E-state index is 0.190. The molecule has 1 amide bonds. The summed E-state index contributed by atoms with van der Waals surface area (Å²) in [5, 5.41) is 63.2. The van der Waals surface area contributed by atoms with E-state index in [1.807, 2.05) is 0 Å². The molecule has 2 heterocycles. The van der Waals surface area contributed by atoms with Crippen molar-refractivity contribution < 1.29 is 63.9 Å². The highest BCUT2D eigenvalue weighted by molar-refractivity contribution is 5.74. The van der Waals surface area contributed by atoms with Crippen molar-refractivity contribution in [2.24, 2.45) is 0 Å². The molecule has 35 heavy (non-hydrogen) atoms. The van der Waals surface area contributed by atoms with E-state index in [2.05, 4.69) is 5.32 Å². The lowest BCUT2D eigenvalue weighted by atomic mass is 9.95. The number of rotatable bonds is 8. The van der Waals surface area contributed by atoms with Gasteiger partial charge in [-0.2, -0.15) is 0 Å². The van der Waals surface area contributed by atoms with Crippen LogP contribution < -0.4 is 14.8 Å². The summed E-state index contributed by atoms with van der Waals surface area (Å²) in [6, 6.07) is 4.67. The molecule has 2 saturated heterocycles. The highest BCUT2D eigenvalue weighted by atomic mass is 16.7. The topological polar surface area (TPSA) is 214 Å². The first-order valence-corrected chi connectivity index (χ1v) is 10.7. The van der Waals surface area contributed by atoms with Crippen LogP contribution in [-0.4, -0.2) is 118 Å². The molecule has 14 nitrogen and oxygen atoms in total. The Bertz CT molecular complexity index is 867. The number of carbonyl (C=O) groups excluding carboxylic acids is 1. The Hall–Kier alpha value is -2.56. The van der Waals surface area contributed by atoms with E-state index >= 15 is 0 Å². The zero-order valence-electron chi connectivity index (χ0n) is 18.8. The van der Waals surface area contributed by atoms with Crippen molar-refractivity contribution in [3.05, 3.63) is 24.3 Å². The second-order valence-electron chi connectivity index (χ2n) is 8.07. The van der Waals surface area contributed by atoms with Crippen molar-refractivity contribution in [2.45, 2.75) is 68.3 Å². The SMILES string of the molecule is COc1ccc(O[C@@H]2O[C@@H](C(=O)O)[C@@H](O[C@H]3O[C@H](CO)[C@@H](O)[C@H](O)[C@H]3NC(C)=O)[C@H](O)[C@H]2O)cc1. The van der Waals surface area contributed by atoms with Gasteiger partial charge >= 0.3 is 5.97 Å². The van der Waals surface area contributed by atoms with Crippen LogP contribution >= 0.6 is 0 Å². The van der Waals surface area contributed by atoms with Crippen LogP contribution in [-0.2, 0) is 23.8 Å². The number of methoxy groups -OCH3 is 1. The van der Waals surface area contributed by atoms with Crippen LogP contribution in [0.1, 0.15) is 6.92 Å². The minimum Gasteiger partial charge on any atom is -0.497 e. The first-order chi connectivity index (χ1) is 16.6. The molecule has 0 saturated carbocycles. The molecular weight excluding hydrogens is 474 g/mol. The number of amides is 1. The van der Waals surface area contributed by atoms with Gasteiger partial charge < -0.3 is 59.6 Å². The Balaban J connectivity index is 1.80. The van der Waals surface area contributed by atoms with Crippen molar-refractivity contribution in [1.29, 1.82) is 0 Å². The maximum atomic E-state index is 11.9. The van der Waals surface area contributed by atoms with Crippen molar-refractivity contribution in [3.63, 3.8) is 0 Å². The average Bonchev–Trinajstić information content (AvgIpc) is 2.83. The van der Waals surface area contributed by atoms with E-state index in [0.29, 0.717) is 5.75 Å². The Morgan fingerprint density at radius 3 is 2.11 bits per heavy atom. The summed E-state index contributed by atoms with van der Waals surface area (Å²) in [6.45, 7) is 0.384. The first kappa shape index (κ1) is 27.0. The Kier molecular flexibility index (Phi) is 8.84. The lowest BCUT2D eigenvalue weighted by Crippen LogP contribution is -2.68. The van der Waals surface area contributed by atoms with Crippen LogP contribution in [0, 0.1) is 0 Å². The largest absolute Gasteiger partial charge is 0.497 e. The van der Waals surface area contributed by atoms with Gasteiger partial charge in [0.15, 0.2) is 12.4 Å². The van der Waals surface area contributed by atoms with E-state index in [1.54, 1.807) is 12.1 Å². The van der Waals surface area contributed by atoms with Crippen LogP contribution in [0.25, 0.3) is 0 Å². The average molecular weight is 503 g/mol. The molecule has 0 aliphatic carbocycles. The third-order valence-electron chi connectivity index (χ3n) is 5.64. The minimum atomic E-state index is -1.88. The van der Waals surface area contributed by atoms with Gasteiger partial charge in [-0.25, -0.2) is 4.79 Å². The van der Waals surface area contributed by atoms with Gasteiger partial charge in [0.25, 0.3) is 0 Å². The third kappa shape index (κ3) is 5.99. The summed E-state index contributed by atoms with van der Waals surface area (Å²) in [5.41, 5.74) is 0. The van der Waals surface area contributed by atoms with Gasteiger partial charge in [-0.1, -0.05) is 0 Å². The number of carbonyl (C=O) groups is 2. The summed E-state index contributed by atoms with van der Waals surface area (Å²) in [7, 11) is 1.47. The van der Waals surface area contributed by atoms with Gasteiger partial charge in [0, 0.05) is 6.92 Å². The number of hydrogen-bond donors (Lipinski definition) is 7. The van der Waals surface area contributed by atoms with Crippen molar-refractivity contribution in [2.75, 3.05) is 13.7 Å². The van der Waals surface area contributed by atoms with Crippen LogP contribution in [0.5, 0.6) is 11.5 Å². The van der Waals surface area contributed by atoms with Gasteiger partial charge in [-0.05, 0) is 24.3 Å². The number of aliphatic hydroxyl groups is 5. The fourth-order valence-electron chi connectivity index (χ4n) is 3.81. The molecule has 7 N–H and O–H groups in total. The van der Waals surface area contributed by atoms with Crippen LogP contribution in [0.15, 0.2) is 24.3 Å². The summed E-state index contributed by atoms with van der Waals surface area (Å²) >= 11 is 0. The van der Waals surface area contributed by atoms with Gasteiger partial charge in [-0.3, -0.25) is 4.79 Å². The highest BCUT2D eigenvalue weighted by Crippen LogP contribution is 2.31. The van der Waals surface area contributed by atoms with Crippen molar-refractivity contribution in [3.8, 4) is 11.5 Å². The van der Waals surface area contributed by atoms with E-state index in [-0.39, 0.29) is 5.75 Å². The van der Waals surface area contributed by atoms with Crippen LogP contribution in [0.3, 0.4) is 0 Å². The number of carboxylic acid groups (broad SMARTS) is 1. The summed E-state index contributed by atoms with van der Waals surface area (Å²) < 4.78 is 26.9. The molecule has 196 valence electrons. The number of aliphatic hydroxyl groups excluding tert-OH is 5. The zero-order chi connectivity index (χ0) is 25.9. The smallest absolute Gasteiger partial charge is 0.335 e. The molecule has 2 aliphatic heterocycles. The second-order valence-corrected chi connectivity index (χ2v) is 8.07. The first-order valence-electron chi connectivity index (χ1n) is 10.7.